The van der Waals surface area contributed by atoms with Crippen LogP contribution in [0.4, 0.5) is 5.82 Å². The Hall–Kier alpha value is -1.73. The van der Waals surface area contributed by atoms with Gasteiger partial charge in [0.1, 0.15) is 6.33 Å². The third-order valence-electron chi connectivity index (χ3n) is 6.19. The molecule has 7 nitrogen and oxygen atoms in total. The van der Waals surface area contributed by atoms with Crippen LogP contribution in [0.2, 0.25) is 0 Å². The number of hydrogen-bond donors (Lipinski definition) is 1. The molecule has 2 bridgehead atoms. The van der Waals surface area contributed by atoms with Gasteiger partial charge >= 0.3 is 0 Å². The number of aliphatic hydroxyl groups is 1. The van der Waals surface area contributed by atoms with Crippen LogP contribution in [-0.2, 0) is 4.74 Å². The average molecular weight is 315 g/mol. The molecule has 5 atom stereocenters. The minimum Gasteiger partial charge on any atom is -0.396 e. The van der Waals surface area contributed by atoms with E-state index >= 15 is 0 Å². The molecule has 1 saturated heterocycles. The van der Waals surface area contributed by atoms with Crippen LogP contribution in [0.5, 0.6) is 0 Å². The smallest absolute Gasteiger partial charge is 0.165 e. The van der Waals surface area contributed by atoms with Gasteiger partial charge in [0.05, 0.1) is 31.7 Å². The van der Waals surface area contributed by atoms with E-state index in [-0.39, 0.29) is 24.2 Å². The van der Waals surface area contributed by atoms with Gasteiger partial charge in [0.15, 0.2) is 17.0 Å². The number of rotatable bonds is 3. The van der Waals surface area contributed by atoms with Crippen LogP contribution in [-0.4, -0.2) is 58.0 Å². The third kappa shape index (κ3) is 1.59. The summed E-state index contributed by atoms with van der Waals surface area (Å²) in [4.78, 5) is 15.4. The fourth-order valence-electron chi connectivity index (χ4n) is 5.22. The molecule has 2 aliphatic carbocycles. The van der Waals surface area contributed by atoms with Gasteiger partial charge in [-0.25, -0.2) is 15.0 Å². The van der Waals surface area contributed by atoms with Gasteiger partial charge in [-0.3, -0.25) is 0 Å². The quantitative estimate of drug-likeness (QED) is 0.905. The van der Waals surface area contributed by atoms with Crippen molar-refractivity contribution in [2.24, 2.45) is 17.3 Å². The first kappa shape index (κ1) is 13.7. The minimum atomic E-state index is 0.00595. The highest BCUT2D eigenvalue weighted by atomic mass is 16.5. The molecule has 2 saturated carbocycles. The van der Waals surface area contributed by atoms with Crippen LogP contribution in [0.15, 0.2) is 12.7 Å². The number of aromatic nitrogens is 4. The van der Waals surface area contributed by atoms with Crippen molar-refractivity contribution in [1.82, 2.24) is 19.5 Å². The SMILES string of the molecule is CN(C)c1ncnc2c1ncn2[C@@H]1[C@@H]2C[C@@H]3[C@H]1OC[C@]3(CO)C2. The molecule has 0 unspecified atom stereocenters. The second kappa shape index (κ2) is 4.42. The zero-order valence-electron chi connectivity index (χ0n) is 13.4. The highest BCUT2D eigenvalue weighted by Gasteiger charge is 2.65. The van der Waals surface area contributed by atoms with Gasteiger partial charge in [-0.15, -0.1) is 0 Å². The Labute approximate surface area is 134 Å². The number of aliphatic hydroxyl groups excluding tert-OH is 1. The van der Waals surface area contributed by atoms with Gasteiger partial charge in [-0.2, -0.15) is 0 Å². The minimum absolute atomic E-state index is 0.00595. The molecule has 1 aliphatic heterocycles. The Kier molecular flexibility index (Phi) is 2.63. The van der Waals surface area contributed by atoms with Crippen molar-refractivity contribution in [2.75, 3.05) is 32.2 Å². The summed E-state index contributed by atoms with van der Waals surface area (Å²) in [6.07, 6.45) is 5.86. The van der Waals surface area contributed by atoms with Crippen molar-refractivity contribution in [2.45, 2.75) is 25.0 Å². The van der Waals surface area contributed by atoms with E-state index in [1.165, 1.54) is 0 Å². The van der Waals surface area contributed by atoms with Crippen LogP contribution in [0.3, 0.4) is 0 Å². The van der Waals surface area contributed by atoms with Gasteiger partial charge in [0, 0.05) is 19.5 Å². The lowest BCUT2D eigenvalue weighted by Crippen LogP contribution is -2.37. The fraction of sp³-hybridized carbons (Fsp3) is 0.688. The Bertz CT molecular complexity index is 775. The molecule has 5 rings (SSSR count). The summed E-state index contributed by atoms with van der Waals surface area (Å²) in [5.41, 5.74) is 1.73. The van der Waals surface area contributed by atoms with Crippen molar-refractivity contribution in [3.8, 4) is 0 Å². The van der Waals surface area contributed by atoms with E-state index in [0.717, 1.165) is 29.8 Å². The topological polar surface area (TPSA) is 76.3 Å². The predicted octanol–water partition coefficient (Wildman–Crippen LogP) is 0.851. The maximum Gasteiger partial charge on any atom is 0.165 e. The van der Waals surface area contributed by atoms with Crippen LogP contribution < -0.4 is 4.90 Å². The van der Waals surface area contributed by atoms with Crippen LogP contribution in [0, 0.1) is 17.3 Å². The van der Waals surface area contributed by atoms with E-state index in [1.807, 2.05) is 25.3 Å². The van der Waals surface area contributed by atoms with Crippen molar-refractivity contribution >= 4 is 17.0 Å². The summed E-state index contributed by atoms with van der Waals surface area (Å²) in [5.74, 6) is 1.85. The fourth-order valence-corrected chi connectivity index (χ4v) is 5.22. The van der Waals surface area contributed by atoms with Crippen LogP contribution >= 0.6 is 0 Å². The van der Waals surface area contributed by atoms with Gasteiger partial charge in [-0.1, -0.05) is 0 Å². The van der Waals surface area contributed by atoms with Crippen molar-refractivity contribution < 1.29 is 9.84 Å². The lowest BCUT2D eigenvalue weighted by Gasteiger charge is -2.33. The van der Waals surface area contributed by atoms with E-state index in [1.54, 1.807) is 6.33 Å². The highest BCUT2D eigenvalue weighted by Crippen LogP contribution is 2.64. The highest BCUT2D eigenvalue weighted by molar-refractivity contribution is 5.83. The zero-order chi connectivity index (χ0) is 15.8. The summed E-state index contributed by atoms with van der Waals surface area (Å²) in [5, 5.41) is 9.83. The Balaban J connectivity index is 1.60. The zero-order valence-corrected chi connectivity index (χ0v) is 13.4. The molecule has 0 amide bonds. The molecule has 7 heteroatoms. The molecule has 1 N–H and O–H groups in total. The lowest BCUT2D eigenvalue weighted by molar-refractivity contribution is 0.0656. The van der Waals surface area contributed by atoms with Crippen LogP contribution in [0.25, 0.3) is 11.2 Å². The van der Waals surface area contributed by atoms with Gasteiger partial charge in [0.2, 0.25) is 0 Å². The molecular weight excluding hydrogens is 294 g/mol. The van der Waals surface area contributed by atoms with Gasteiger partial charge < -0.3 is 19.3 Å². The van der Waals surface area contributed by atoms with E-state index in [4.69, 9.17) is 4.74 Å². The van der Waals surface area contributed by atoms with E-state index < -0.39 is 0 Å². The molecule has 2 aromatic rings. The number of imidazole rings is 1. The summed E-state index contributed by atoms with van der Waals surface area (Å²) in [6.45, 7) is 0.936. The second-order valence-corrected chi connectivity index (χ2v) is 7.51. The van der Waals surface area contributed by atoms with Crippen molar-refractivity contribution in [3.05, 3.63) is 12.7 Å². The molecule has 0 aromatic carbocycles. The first-order valence-electron chi connectivity index (χ1n) is 8.22. The normalized spacial score (nSPS) is 37.9. The number of nitrogens with zero attached hydrogens (tertiary/aromatic N) is 5. The first-order chi connectivity index (χ1) is 11.1. The van der Waals surface area contributed by atoms with Gasteiger partial charge in [0.25, 0.3) is 0 Å². The molecule has 3 fully saturated rings. The summed E-state index contributed by atoms with van der Waals surface area (Å²) < 4.78 is 8.31. The average Bonchev–Trinajstić information content (AvgIpc) is 3.25. The third-order valence-corrected chi connectivity index (χ3v) is 6.19. The maximum atomic E-state index is 9.83. The lowest BCUT2D eigenvalue weighted by atomic mass is 9.74. The molecule has 23 heavy (non-hydrogen) atoms. The molecule has 0 radical (unpaired) electrons. The molecular formula is C16H21N5O2. The number of hydrogen-bond acceptors (Lipinski definition) is 6. The molecule has 0 spiro atoms. The summed E-state index contributed by atoms with van der Waals surface area (Å²) in [7, 11) is 3.93. The standard InChI is InChI=1S/C16H21N5O2/c1-20(2)14-11-15(18-7-17-14)21(8-19-11)12-9-3-10-13(12)23-6-16(10,4-9)5-22/h7-10,12-13,22H,3-6H2,1-2H3/t9-,10-,12-,13-,16-/m1/s1. The molecule has 2 aromatic heterocycles. The van der Waals surface area contributed by atoms with E-state index in [9.17, 15) is 5.11 Å². The molecule has 3 aliphatic rings. The summed E-state index contributed by atoms with van der Waals surface area (Å²) >= 11 is 0. The Morgan fingerprint density at radius 3 is 3.04 bits per heavy atom. The van der Waals surface area contributed by atoms with Gasteiger partial charge in [-0.05, 0) is 24.7 Å². The van der Waals surface area contributed by atoms with Crippen molar-refractivity contribution in [3.63, 3.8) is 0 Å². The largest absolute Gasteiger partial charge is 0.396 e. The van der Waals surface area contributed by atoms with E-state index in [0.29, 0.717) is 18.4 Å². The summed E-state index contributed by atoms with van der Waals surface area (Å²) in [6, 6.07) is 0.275. The molecule has 122 valence electrons. The number of anilines is 1. The Morgan fingerprint density at radius 1 is 1.39 bits per heavy atom. The molecule has 3 heterocycles. The Morgan fingerprint density at radius 2 is 2.26 bits per heavy atom. The second-order valence-electron chi connectivity index (χ2n) is 7.51. The van der Waals surface area contributed by atoms with Crippen LogP contribution in [0.1, 0.15) is 18.9 Å². The number of ether oxygens (including phenoxy) is 1. The van der Waals surface area contributed by atoms with E-state index in [2.05, 4.69) is 19.5 Å². The first-order valence-corrected chi connectivity index (χ1v) is 8.22. The predicted molar refractivity (Wildman–Crippen MR) is 84.2 cm³/mol. The monoisotopic (exact) mass is 315 g/mol. The maximum absolute atomic E-state index is 9.83. The van der Waals surface area contributed by atoms with Crippen molar-refractivity contribution in [1.29, 1.82) is 0 Å². The number of fused-ring (bicyclic) bond motifs is 2.